The van der Waals surface area contributed by atoms with Crippen LogP contribution in [0.25, 0.3) is 0 Å². The molecule has 0 atom stereocenters. The topological polar surface area (TPSA) is 80.9 Å². The van der Waals surface area contributed by atoms with Crippen LogP contribution in [-0.2, 0) is 4.79 Å². The lowest BCUT2D eigenvalue weighted by molar-refractivity contribution is -0.120. The number of hydrogen-bond acceptors (Lipinski definition) is 5. The van der Waals surface area contributed by atoms with Crippen molar-refractivity contribution >= 4 is 30.1 Å². The van der Waals surface area contributed by atoms with Crippen LogP contribution in [0.2, 0.25) is 0 Å². The Morgan fingerprint density at radius 3 is 2.43 bits per heavy atom. The minimum Gasteiger partial charge on any atom is -0.349 e. The fourth-order valence-electron chi connectivity index (χ4n) is 2.65. The zero-order chi connectivity index (χ0) is 14.6. The highest BCUT2D eigenvalue weighted by Gasteiger charge is 2.33. The smallest absolute Gasteiger partial charge is 0.230 e. The van der Waals surface area contributed by atoms with Crippen molar-refractivity contribution in [2.45, 2.75) is 50.2 Å². The lowest BCUT2D eigenvalue weighted by Gasteiger charge is -2.28. The molecule has 0 aromatic carbocycles. The molecule has 1 aliphatic rings. The fraction of sp³-hybridized carbons (Fsp3) is 0.643. The minimum absolute atomic E-state index is 0. The first-order valence-corrected chi connectivity index (χ1v) is 7.98. The van der Waals surface area contributed by atoms with E-state index in [1.807, 2.05) is 19.9 Å². The fourth-order valence-corrected chi connectivity index (χ4v) is 3.40. The second-order valence-corrected chi connectivity index (χ2v) is 6.40. The number of thioether (sulfide) groups is 1. The van der Waals surface area contributed by atoms with Gasteiger partial charge in [-0.2, -0.15) is 0 Å². The molecule has 1 aromatic rings. The SMILES string of the molecule is Cc1cc(C)nc(SCC(=O)NC2(CN)CCCC2)n1.Cl. The number of hydrogen-bond donors (Lipinski definition) is 2. The van der Waals surface area contributed by atoms with Gasteiger partial charge in [0.05, 0.1) is 11.3 Å². The van der Waals surface area contributed by atoms with Crippen LogP contribution in [0.5, 0.6) is 0 Å². The van der Waals surface area contributed by atoms with Gasteiger partial charge in [0.15, 0.2) is 5.16 Å². The summed E-state index contributed by atoms with van der Waals surface area (Å²) in [4.78, 5) is 20.7. The molecule has 0 radical (unpaired) electrons. The van der Waals surface area contributed by atoms with Gasteiger partial charge in [-0.05, 0) is 32.8 Å². The van der Waals surface area contributed by atoms with Gasteiger partial charge in [-0.25, -0.2) is 9.97 Å². The Bertz CT molecular complexity index is 472. The molecule has 0 unspecified atom stereocenters. The normalized spacial score (nSPS) is 16.3. The first-order valence-electron chi connectivity index (χ1n) is 6.99. The molecule has 2 rings (SSSR count). The summed E-state index contributed by atoms with van der Waals surface area (Å²) in [6.45, 7) is 4.38. The molecule has 1 heterocycles. The molecule has 0 bridgehead atoms. The van der Waals surface area contributed by atoms with E-state index in [1.165, 1.54) is 11.8 Å². The monoisotopic (exact) mass is 330 g/mol. The van der Waals surface area contributed by atoms with E-state index in [1.54, 1.807) is 0 Å². The first kappa shape index (κ1) is 18.2. The van der Waals surface area contributed by atoms with Gasteiger partial charge in [-0.1, -0.05) is 24.6 Å². The standard InChI is InChI=1S/C14H22N4OS.ClH/c1-10-7-11(2)17-13(16-10)20-8-12(19)18-14(9-15)5-3-4-6-14;/h7H,3-6,8-9,15H2,1-2H3,(H,18,19);1H. The molecule has 0 spiro atoms. The van der Waals surface area contributed by atoms with E-state index in [4.69, 9.17) is 5.73 Å². The number of aromatic nitrogens is 2. The summed E-state index contributed by atoms with van der Waals surface area (Å²) in [6.07, 6.45) is 4.26. The average molecular weight is 331 g/mol. The molecule has 1 aliphatic carbocycles. The molecule has 3 N–H and O–H groups in total. The molecule has 5 nitrogen and oxygen atoms in total. The van der Waals surface area contributed by atoms with E-state index >= 15 is 0 Å². The molecule has 1 saturated carbocycles. The Morgan fingerprint density at radius 1 is 1.33 bits per heavy atom. The van der Waals surface area contributed by atoms with E-state index in [-0.39, 0.29) is 23.9 Å². The number of nitrogens with one attached hydrogen (secondary N) is 1. The van der Waals surface area contributed by atoms with Crippen molar-refractivity contribution < 1.29 is 4.79 Å². The Balaban J connectivity index is 0.00000220. The number of nitrogens with two attached hydrogens (primary N) is 1. The number of rotatable bonds is 5. The predicted molar refractivity (Wildman–Crippen MR) is 87.9 cm³/mol. The second kappa shape index (κ2) is 7.96. The van der Waals surface area contributed by atoms with Crippen LogP contribution in [0, 0.1) is 13.8 Å². The maximum Gasteiger partial charge on any atom is 0.230 e. The quantitative estimate of drug-likeness (QED) is 0.637. The number of aryl methyl sites for hydroxylation is 2. The summed E-state index contributed by atoms with van der Waals surface area (Å²) < 4.78 is 0. The van der Waals surface area contributed by atoms with Crippen LogP contribution in [0.1, 0.15) is 37.1 Å². The van der Waals surface area contributed by atoms with Crippen LogP contribution in [0.15, 0.2) is 11.2 Å². The van der Waals surface area contributed by atoms with E-state index in [0.717, 1.165) is 37.1 Å². The molecular formula is C14H23ClN4OS. The van der Waals surface area contributed by atoms with Gasteiger partial charge in [0.2, 0.25) is 5.91 Å². The lowest BCUT2D eigenvalue weighted by atomic mass is 9.98. The van der Waals surface area contributed by atoms with Gasteiger partial charge in [0, 0.05) is 17.9 Å². The van der Waals surface area contributed by atoms with Crippen molar-refractivity contribution in [1.82, 2.24) is 15.3 Å². The number of amides is 1. The molecule has 118 valence electrons. The summed E-state index contributed by atoms with van der Waals surface area (Å²) in [5, 5.41) is 3.76. The van der Waals surface area contributed by atoms with Crippen molar-refractivity contribution in [3.05, 3.63) is 17.5 Å². The number of carbonyl (C=O) groups excluding carboxylic acids is 1. The van der Waals surface area contributed by atoms with Crippen LogP contribution < -0.4 is 11.1 Å². The van der Waals surface area contributed by atoms with Gasteiger partial charge in [-0.3, -0.25) is 4.79 Å². The van der Waals surface area contributed by atoms with Crippen molar-refractivity contribution in [3.8, 4) is 0 Å². The van der Waals surface area contributed by atoms with E-state index in [2.05, 4.69) is 15.3 Å². The van der Waals surface area contributed by atoms with Crippen molar-refractivity contribution in [2.75, 3.05) is 12.3 Å². The summed E-state index contributed by atoms with van der Waals surface area (Å²) in [5.74, 6) is 0.357. The van der Waals surface area contributed by atoms with Gasteiger partial charge < -0.3 is 11.1 Å². The molecule has 1 amide bonds. The largest absolute Gasteiger partial charge is 0.349 e. The molecule has 1 aromatic heterocycles. The number of carbonyl (C=O) groups is 1. The molecule has 0 aliphatic heterocycles. The highest BCUT2D eigenvalue weighted by atomic mass is 35.5. The van der Waals surface area contributed by atoms with E-state index in [9.17, 15) is 4.79 Å². The van der Waals surface area contributed by atoms with Gasteiger partial charge in [0.25, 0.3) is 0 Å². The third kappa shape index (κ3) is 5.13. The van der Waals surface area contributed by atoms with Crippen LogP contribution >= 0.6 is 24.2 Å². The summed E-state index contributed by atoms with van der Waals surface area (Å²) in [5.41, 5.74) is 7.49. The maximum absolute atomic E-state index is 12.1. The highest BCUT2D eigenvalue weighted by molar-refractivity contribution is 7.99. The zero-order valence-electron chi connectivity index (χ0n) is 12.5. The summed E-state index contributed by atoms with van der Waals surface area (Å²) in [7, 11) is 0. The Hall–Kier alpha value is -0.850. The summed E-state index contributed by atoms with van der Waals surface area (Å²) >= 11 is 1.37. The van der Waals surface area contributed by atoms with E-state index in [0.29, 0.717) is 17.5 Å². The van der Waals surface area contributed by atoms with E-state index < -0.39 is 0 Å². The Morgan fingerprint density at radius 2 is 1.90 bits per heavy atom. The van der Waals surface area contributed by atoms with Gasteiger partial charge in [0.1, 0.15) is 0 Å². The van der Waals surface area contributed by atoms with Crippen LogP contribution in [0.4, 0.5) is 0 Å². The van der Waals surface area contributed by atoms with Crippen LogP contribution in [-0.4, -0.2) is 33.7 Å². The first-order chi connectivity index (χ1) is 9.53. The zero-order valence-corrected chi connectivity index (χ0v) is 14.1. The minimum atomic E-state index is -0.180. The third-order valence-electron chi connectivity index (χ3n) is 3.65. The number of halogens is 1. The molecular weight excluding hydrogens is 308 g/mol. The maximum atomic E-state index is 12.1. The number of nitrogens with zero attached hydrogens (tertiary/aromatic N) is 2. The summed E-state index contributed by atoms with van der Waals surface area (Å²) in [6, 6.07) is 1.92. The average Bonchev–Trinajstić information content (AvgIpc) is 2.84. The predicted octanol–water partition coefficient (Wildman–Crippen LogP) is 2.00. The third-order valence-corrected chi connectivity index (χ3v) is 4.50. The Kier molecular flexibility index (Phi) is 6.90. The lowest BCUT2D eigenvalue weighted by Crippen LogP contribution is -2.52. The van der Waals surface area contributed by atoms with Crippen molar-refractivity contribution in [2.24, 2.45) is 5.73 Å². The van der Waals surface area contributed by atoms with Crippen molar-refractivity contribution in [3.63, 3.8) is 0 Å². The molecule has 7 heteroatoms. The van der Waals surface area contributed by atoms with Crippen LogP contribution in [0.3, 0.4) is 0 Å². The Labute approximate surface area is 136 Å². The van der Waals surface area contributed by atoms with Gasteiger partial charge >= 0.3 is 0 Å². The molecule has 0 saturated heterocycles. The van der Waals surface area contributed by atoms with Gasteiger partial charge in [-0.15, -0.1) is 12.4 Å². The second-order valence-electron chi connectivity index (χ2n) is 5.46. The van der Waals surface area contributed by atoms with Crippen molar-refractivity contribution in [1.29, 1.82) is 0 Å². The molecule has 1 fully saturated rings. The highest BCUT2D eigenvalue weighted by Crippen LogP contribution is 2.28. The molecule has 21 heavy (non-hydrogen) atoms.